The van der Waals surface area contributed by atoms with Gasteiger partial charge in [0.05, 0.1) is 0 Å². The van der Waals surface area contributed by atoms with E-state index < -0.39 is 6.10 Å². The minimum atomic E-state index is -0.437. The molecule has 2 heteroatoms. The van der Waals surface area contributed by atoms with Crippen molar-refractivity contribution < 1.29 is 5.11 Å². The van der Waals surface area contributed by atoms with Gasteiger partial charge >= 0.3 is 0 Å². The van der Waals surface area contributed by atoms with E-state index >= 15 is 0 Å². The van der Waals surface area contributed by atoms with E-state index in [4.69, 9.17) is 0 Å². The van der Waals surface area contributed by atoms with E-state index in [1.807, 2.05) is 12.1 Å². The third kappa shape index (κ3) is 2.75. The van der Waals surface area contributed by atoms with Crippen LogP contribution in [0.1, 0.15) is 37.4 Å². The molecule has 0 saturated heterocycles. The number of rotatable bonds is 2. The van der Waals surface area contributed by atoms with Crippen molar-refractivity contribution >= 4 is 26.7 Å². The first-order valence-corrected chi connectivity index (χ1v) is 7.59. The van der Waals surface area contributed by atoms with Crippen LogP contribution in [-0.2, 0) is 0 Å². The molecule has 1 aliphatic carbocycles. The Kier molecular flexibility index (Phi) is 3.72. The highest BCUT2D eigenvalue weighted by Gasteiger charge is 2.15. The van der Waals surface area contributed by atoms with Gasteiger partial charge in [-0.05, 0) is 65.8 Å². The summed E-state index contributed by atoms with van der Waals surface area (Å²) < 4.78 is 1.09. The highest BCUT2D eigenvalue weighted by Crippen LogP contribution is 2.31. The molecule has 0 heterocycles. The summed E-state index contributed by atoms with van der Waals surface area (Å²) in [5, 5.41) is 12.9. The second kappa shape index (κ2) is 5.48. The minimum Gasteiger partial charge on any atom is -0.384 e. The second-order valence-corrected chi connectivity index (χ2v) is 6.09. The first-order chi connectivity index (χ1) is 9.24. The number of aliphatic hydroxyl groups excluding tert-OH is 1. The van der Waals surface area contributed by atoms with Gasteiger partial charge < -0.3 is 5.11 Å². The lowest BCUT2D eigenvalue weighted by atomic mass is 9.91. The topological polar surface area (TPSA) is 20.2 Å². The van der Waals surface area contributed by atoms with Gasteiger partial charge in [0.2, 0.25) is 0 Å². The average Bonchev–Trinajstić information content (AvgIpc) is 2.47. The van der Waals surface area contributed by atoms with E-state index in [-0.39, 0.29) is 0 Å². The van der Waals surface area contributed by atoms with Gasteiger partial charge in [0, 0.05) is 4.47 Å². The molecule has 1 nitrogen and oxygen atoms in total. The molecule has 0 radical (unpaired) electrons. The van der Waals surface area contributed by atoms with Crippen LogP contribution in [0.2, 0.25) is 0 Å². The third-order valence-corrected chi connectivity index (χ3v) is 4.31. The normalized spacial score (nSPS) is 17.3. The number of halogens is 1. The lowest BCUT2D eigenvalue weighted by Gasteiger charge is -2.19. The van der Waals surface area contributed by atoms with Crippen molar-refractivity contribution in [1.82, 2.24) is 0 Å². The number of aliphatic hydroxyl groups is 1. The van der Waals surface area contributed by atoms with Gasteiger partial charge in [-0.2, -0.15) is 0 Å². The summed E-state index contributed by atoms with van der Waals surface area (Å²) >= 11 is 3.48. The quantitative estimate of drug-likeness (QED) is 0.761. The van der Waals surface area contributed by atoms with Gasteiger partial charge in [-0.1, -0.05) is 40.2 Å². The van der Waals surface area contributed by atoms with Gasteiger partial charge in [0.15, 0.2) is 0 Å². The predicted molar refractivity (Wildman–Crippen MR) is 83.2 cm³/mol. The molecule has 19 heavy (non-hydrogen) atoms. The van der Waals surface area contributed by atoms with Gasteiger partial charge in [-0.3, -0.25) is 0 Å². The van der Waals surface area contributed by atoms with Crippen molar-refractivity contribution in [3.8, 4) is 0 Å². The minimum absolute atomic E-state index is 0.437. The van der Waals surface area contributed by atoms with E-state index in [0.29, 0.717) is 0 Å². The third-order valence-electron chi connectivity index (χ3n) is 3.82. The second-order valence-electron chi connectivity index (χ2n) is 5.18. The van der Waals surface area contributed by atoms with E-state index in [1.54, 1.807) is 0 Å². The molecule has 0 fully saturated rings. The standard InChI is InChI=1S/C17H17BrO/c18-16-9-8-13-10-15(7-6-14(13)11-16)17(19)12-4-2-1-3-5-12/h4,6-11,17,19H,1-3,5H2. The SMILES string of the molecule is OC(C1=CCCCC1)c1ccc2cc(Br)ccc2c1. The molecule has 0 saturated carbocycles. The Bertz CT molecular complexity index is 630. The van der Waals surface area contributed by atoms with E-state index in [9.17, 15) is 5.11 Å². The molecule has 0 aromatic heterocycles. The molecular formula is C17H17BrO. The zero-order valence-corrected chi connectivity index (χ0v) is 12.4. The van der Waals surface area contributed by atoms with Crippen molar-refractivity contribution in [1.29, 1.82) is 0 Å². The fourth-order valence-corrected chi connectivity index (χ4v) is 3.11. The molecule has 0 bridgehead atoms. The Hall–Kier alpha value is -1.12. The Morgan fingerprint density at radius 3 is 2.58 bits per heavy atom. The van der Waals surface area contributed by atoms with Gasteiger partial charge in [0.25, 0.3) is 0 Å². The van der Waals surface area contributed by atoms with Crippen molar-refractivity contribution in [2.75, 3.05) is 0 Å². The highest BCUT2D eigenvalue weighted by atomic mass is 79.9. The Balaban J connectivity index is 1.96. The first-order valence-electron chi connectivity index (χ1n) is 6.80. The molecule has 2 aromatic rings. The highest BCUT2D eigenvalue weighted by molar-refractivity contribution is 9.10. The maximum atomic E-state index is 10.5. The lowest BCUT2D eigenvalue weighted by Crippen LogP contribution is -2.04. The van der Waals surface area contributed by atoms with Gasteiger partial charge in [-0.15, -0.1) is 0 Å². The predicted octanol–water partition coefficient (Wildman–Crippen LogP) is 5.14. The van der Waals surface area contributed by atoms with Crippen molar-refractivity contribution in [2.45, 2.75) is 31.8 Å². The Morgan fingerprint density at radius 1 is 1.00 bits per heavy atom. The van der Waals surface area contributed by atoms with E-state index in [2.05, 4.69) is 46.3 Å². The smallest absolute Gasteiger partial charge is 0.100 e. The molecule has 1 unspecified atom stereocenters. The Labute approximate surface area is 122 Å². The average molecular weight is 317 g/mol. The molecule has 0 spiro atoms. The van der Waals surface area contributed by atoms with Crippen LogP contribution >= 0.6 is 15.9 Å². The molecule has 98 valence electrons. The summed E-state index contributed by atoms with van der Waals surface area (Å²) in [6.07, 6.45) is 6.35. The summed E-state index contributed by atoms with van der Waals surface area (Å²) in [6, 6.07) is 12.5. The fraction of sp³-hybridized carbons (Fsp3) is 0.294. The van der Waals surface area contributed by atoms with Gasteiger partial charge in [-0.25, -0.2) is 0 Å². The van der Waals surface area contributed by atoms with Crippen LogP contribution in [-0.4, -0.2) is 5.11 Å². The summed E-state index contributed by atoms with van der Waals surface area (Å²) in [5.41, 5.74) is 2.19. The molecule has 1 N–H and O–H groups in total. The summed E-state index contributed by atoms with van der Waals surface area (Å²) in [7, 11) is 0. The lowest BCUT2D eigenvalue weighted by molar-refractivity contribution is 0.208. The first kappa shape index (κ1) is 12.9. The largest absolute Gasteiger partial charge is 0.384 e. The van der Waals surface area contributed by atoms with Crippen LogP contribution in [0, 0.1) is 0 Å². The molecule has 1 aliphatic rings. The van der Waals surface area contributed by atoms with Crippen LogP contribution in [0.25, 0.3) is 10.8 Å². The van der Waals surface area contributed by atoms with Crippen molar-refractivity contribution in [3.05, 3.63) is 58.1 Å². The number of hydrogen-bond acceptors (Lipinski definition) is 1. The van der Waals surface area contributed by atoms with Gasteiger partial charge in [0.1, 0.15) is 6.10 Å². The van der Waals surface area contributed by atoms with Crippen molar-refractivity contribution in [2.24, 2.45) is 0 Å². The Morgan fingerprint density at radius 2 is 1.79 bits per heavy atom. The number of allylic oxidation sites excluding steroid dienone is 1. The number of hydrogen-bond donors (Lipinski definition) is 1. The molecule has 0 aliphatic heterocycles. The number of benzene rings is 2. The zero-order valence-electron chi connectivity index (χ0n) is 10.8. The van der Waals surface area contributed by atoms with Crippen LogP contribution < -0.4 is 0 Å². The molecular weight excluding hydrogens is 300 g/mol. The van der Waals surface area contributed by atoms with E-state index in [1.165, 1.54) is 29.2 Å². The van der Waals surface area contributed by atoms with Crippen molar-refractivity contribution in [3.63, 3.8) is 0 Å². The van der Waals surface area contributed by atoms with E-state index in [0.717, 1.165) is 22.9 Å². The van der Waals surface area contributed by atoms with Crippen LogP contribution in [0.4, 0.5) is 0 Å². The summed E-state index contributed by atoms with van der Waals surface area (Å²) in [5.74, 6) is 0. The van der Waals surface area contributed by atoms with Crippen LogP contribution in [0.5, 0.6) is 0 Å². The molecule has 3 rings (SSSR count). The zero-order chi connectivity index (χ0) is 13.2. The van der Waals surface area contributed by atoms with Crippen LogP contribution in [0.15, 0.2) is 52.5 Å². The molecule has 1 atom stereocenters. The number of fused-ring (bicyclic) bond motifs is 1. The maximum absolute atomic E-state index is 10.5. The fourth-order valence-electron chi connectivity index (χ4n) is 2.73. The maximum Gasteiger partial charge on any atom is 0.100 e. The summed E-state index contributed by atoms with van der Waals surface area (Å²) in [4.78, 5) is 0. The monoisotopic (exact) mass is 316 g/mol. The summed E-state index contributed by atoms with van der Waals surface area (Å²) in [6.45, 7) is 0. The van der Waals surface area contributed by atoms with Crippen LogP contribution in [0.3, 0.4) is 0 Å². The molecule has 0 amide bonds. The molecule has 2 aromatic carbocycles.